The first-order valence-electron chi connectivity index (χ1n) is 14.8. The highest BCUT2D eigenvalue weighted by atomic mass is 32.2. The van der Waals surface area contributed by atoms with Crippen LogP contribution in [0.4, 0.5) is 0 Å². The van der Waals surface area contributed by atoms with Gasteiger partial charge in [-0.2, -0.15) is 0 Å². The summed E-state index contributed by atoms with van der Waals surface area (Å²) in [5.74, 6) is -0.349. The zero-order chi connectivity index (χ0) is 31.9. The van der Waals surface area contributed by atoms with E-state index in [0.717, 1.165) is 33.2 Å². The monoisotopic (exact) mass is 636 g/mol. The quantitative estimate of drug-likeness (QED) is 0.230. The third kappa shape index (κ3) is 6.61. The minimum atomic E-state index is -3.73. The van der Waals surface area contributed by atoms with Crippen LogP contribution in [-0.2, 0) is 32.0 Å². The molecule has 0 spiro atoms. The van der Waals surface area contributed by atoms with Crippen molar-refractivity contribution in [1.29, 1.82) is 0 Å². The van der Waals surface area contributed by atoms with Gasteiger partial charge in [-0.05, 0) is 89.2 Å². The van der Waals surface area contributed by atoms with E-state index in [1.54, 1.807) is 29.4 Å². The van der Waals surface area contributed by atoms with Crippen molar-refractivity contribution in [3.8, 4) is 11.1 Å². The molecule has 44 heavy (non-hydrogen) atoms. The number of aromatic amines is 1. The highest BCUT2D eigenvalue weighted by Gasteiger charge is 2.29. The van der Waals surface area contributed by atoms with E-state index in [4.69, 9.17) is 5.73 Å². The molecule has 1 saturated heterocycles. The van der Waals surface area contributed by atoms with Crippen molar-refractivity contribution in [2.75, 3.05) is 18.8 Å². The average molecular weight is 637 g/mol. The van der Waals surface area contributed by atoms with E-state index in [1.807, 2.05) is 48.7 Å². The Morgan fingerprint density at radius 1 is 0.977 bits per heavy atom. The van der Waals surface area contributed by atoms with Gasteiger partial charge < -0.3 is 10.7 Å². The first-order valence-corrected chi connectivity index (χ1v) is 17.9. The van der Waals surface area contributed by atoms with Crippen LogP contribution in [0.3, 0.4) is 0 Å². The molecule has 9 nitrogen and oxygen atoms in total. The van der Waals surface area contributed by atoms with Crippen LogP contribution in [0.5, 0.6) is 0 Å². The van der Waals surface area contributed by atoms with E-state index < -0.39 is 26.0 Å². The molecule has 1 fully saturated rings. The SMILES string of the molecule is CCS(=O)(=O)N1CCC(c2c[nH]c3c(C(N)=O)cc(-c4cccc(CNS(=O)(=O)c5ccc(C(C)(C)C)cc5)c4)cc23)CC1. The predicted molar refractivity (Wildman–Crippen MR) is 174 cm³/mol. The molecule has 0 unspecified atom stereocenters. The summed E-state index contributed by atoms with van der Waals surface area (Å²) >= 11 is 0. The van der Waals surface area contributed by atoms with E-state index in [2.05, 4.69) is 30.5 Å². The zero-order valence-electron chi connectivity index (χ0n) is 25.6. The summed E-state index contributed by atoms with van der Waals surface area (Å²) in [4.78, 5) is 16.0. The summed E-state index contributed by atoms with van der Waals surface area (Å²) < 4.78 is 55.0. The molecular formula is C33H40N4O5S2. The number of nitrogens with one attached hydrogen (secondary N) is 2. The van der Waals surface area contributed by atoms with Gasteiger partial charge in [-0.15, -0.1) is 0 Å². The van der Waals surface area contributed by atoms with E-state index >= 15 is 0 Å². The minimum absolute atomic E-state index is 0.0792. The Morgan fingerprint density at radius 2 is 1.66 bits per heavy atom. The van der Waals surface area contributed by atoms with Gasteiger partial charge in [0.1, 0.15) is 0 Å². The standard InChI is InChI=1S/C33H40N4O5S2/c1-5-43(39,40)37-15-13-23(14-16-37)30-21-35-31-28(30)18-25(19-29(31)32(34)38)24-8-6-7-22(17-24)20-36-44(41,42)27-11-9-26(10-12-27)33(2,3)4/h6-12,17-19,21,23,35-36H,5,13-16,20H2,1-4H3,(H2,34,38). The molecule has 4 N–H and O–H groups in total. The Kier molecular flexibility index (Phi) is 8.78. The number of sulfonamides is 2. The minimum Gasteiger partial charge on any atom is -0.366 e. The number of amides is 1. The van der Waals surface area contributed by atoms with Gasteiger partial charge >= 0.3 is 0 Å². The molecule has 11 heteroatoms. The Labute approximate surface area is 260 Å². The number of primary amides is 1. The van der Waals surface area contributed by atoms with Crippen LogP contribution in [-0.4, -0.2) is 50.9 Å². The average Bonchev–Trinajstić information content (AvgIpc) is 3.43. The van der Waals surface area contributed by atoms with Crippen LogP contribution in [0.15, 0.2) is 71.8 Å². The molecule has 3 aromatic carbocycles. The maximum atomic E-state index is 13.0. The van der Waals surface area contributed by atoms with Crippen molar-refractivity contribution in [2.24, 2.45) is 5.73 Å². The largest absolute Gasteiger partial charge is 0.366 e. The molecule has 1 aromatic heterocycles. The molecule has 234 valence electrons. The molecule has 4 aromatic rings. The topological polar surface area (TPSA) is 142 Å². The molecule has 0 saturated carbocycles. The Morgan fingerprint density at radius 3 is 2.27 bits per heavy atom. The number of carbonyl (C=O) groups is 1. The van der Waals surface area contributed by atoms with Gasteiger partial charge in [0.05, 0.1) is 21.7 Å². The summed E-state index contributed by atoms with van der Waals surface area (Å²) in [6, 6.07) is 18.2. The molecular weight excluding hydrogens is 597 g/mol. The van der Waals surface area contributed by atoms with Gasteiger partial charge in [0.2, 0.25) is 20.0 Å². The summed E-state index contributed by atoms with van der Waals surface area (Å²) in [7, 11) is -6.96. The van der Waals surface area contributed by atoms with E-state index in [1.165, 1.54) is 0 Å². The van der Waals surface area contributed by atoms with Crippen LogP contribution in [0, 0.1) is 0 Å². The Hall–Kier alpha value is -3.51. The first kappa shape index (κ1) is 31.9. The summed E-state index contributed by atoms with van der Waals surface area (Å²) in [6.07, 6.45) is 3.25. The number of fused-ring (bicyclic) bond motifs is 1. The molecule has 1 aliphatic rings. The molecule has 1 aliphatic heterocycles. The summed E-state index contributed by atoms with van der Waals surface area (Å²) in [5, 5.41) is 0.873. The molecule has 0 bridgehead atoms. The fourth-order valence-electron chi connectivity index (χ4n) is 5.84. The van der Waals surface area contributed by atoms with Gasteiger partial charge in [-0.25, -0.2) is 25.9 Å². The highest BCUT2D eigenvalue weighted by molar-refractivity contribution is 7.89. The van der Waals surface area contributed by atoms with Gasteiger partial charge in [-0.3, -0.25) is 4.79 Å². The summed E-state index contributed by atoms with van der Waals surface area (Å²) in [5.41, 5.74) is 11.2. The lowest BCUT2D eigenvalue weighted by Crippen LogP contribution is -2.38. The van der Waals surface area contributed by atoms with Crippen molar-refractivity contribution in [1.82, 2.24) is 14.0 Å². The third-order valence-electron chi connectivity index (χ3n) is 8.50. The number of nitrogens with two attached hydrogens (primary N) is 1. The van der Waals surface area contributed by atoms with Crippen LogP contribution in [0.2, 0.25) is 0 Å². The van der Waals surface area contributed by atoms with E-state index in [9.17, 15) is 21.6 Å². The molecule has 0 radical (unpaired) electrons. The lowest BCUT2D eigenvalue weighted by molar-refractivity contribution is 0.100. The molecule has 5 rings (SSSR count). The van der Waals surface area contributed by atoms with E-state index in [-0.39, 0.29) is 28.5 Å². The second-order valence-corrected chi connectivity index (χ2v) is 16.5. The fourth-order valence-corrected chi connectivity index (χ4v) is 7.99. The van der Waals surface area contributed by atoms with Crippen LogP contribution in [0.1, 0.15) is 73.5 Å². The summed E-state index contributed by atoms with van der Waals surface area (Å²) in [6.45, 7) is 8.89. The second kappa shape index (κ2) is 12.1. The molecule has 1 amide bonds. The normalized spacial score (nSPS) is 15.5. The van der Waals surface area contributed by atoms with Gasteiger partial charge in [0.15, 0.2) is 0 Å². The van der Waals surface area contributed by atoms with Crippen molar-refractivity contribution < 1.29 is 21.6 Å². The van der Waals surface area contributed by atoms with Gasteiger partial charge in [0.25, 0.3) is 5.91 Å². The number of benzene rings is 3. The van der Waals surface area contributed by atoms with E-state index in [0.29, 0.717) is 37.0 Å². The number of rotatable bonds is 9. The first-order chi connectivity index (χ1) is 20.7. The number of carbonyl (C=O) groups excluding carboxylic acids is 1. The predicted octanol–water partition coefficient (Wildman–Crippen LogP) is 5.24. The zero-order valence-corrected chi connectivity index (χ0v) is 27.2. The smallest absolute Gasteiger partial charge is 0.250 e. The van der Waals surface area contributed by atoms with Crippen LogP contribution >= 0.6 is 0 Å². The molecule has 2 heterocycles. The van der Waals surface area contributed by atoms with Gasteiger partial charge in [0, 0.05) is 31.2 Å². The Balaban J connectivity index is 1.40. The lowest BCUT2D eigenvalue weighted by atomic mass is 9.87. The number of nitrogens with zero attached hydrogens (tertiary/aromatic N) is 1. The van der Waals surface area contributed by atoms with Crippen molar-refractivity contribution in [3.63, 3.8) is 0 Å². The number of hydrogen-bond donors (Lipinski definition) is 3. The van der Waals surface area contributed by atoms with Crippen LogP contribution < -0.4 is 10.5 Å². The fraction of sp³-hybridized carbons (Fsp3) is 0.364. The van der Waals surface area contributed by atoms with Crippen molar-refractivity contribution in [2.45, 2.75) is 63.3 Å². The number of H-pyrrole nitrogens is 1. The molecule has 0 atom stereocenters. The third-order valence-corrected chi connectivity index (χ3v) is 11.8. The maximum Gasteiger partial charge on any atom is 0.250 e. The highest BCUT2D eigenvalue weighted by Crippen LogP contribution is 2.37. The van der Waals surface area contributed by atoms with Crippen molar-refractivity contribution in [3.05, 3.63) is 89.1 Å². The maximum absolute atomic E-state index is 13.0. The van der Waals surface area contributed by atoms with Crippen LogP contribution in [0.25, 0.3) is 22.0 Å². The number of hydrogen-bond acceptors (Lipinski definition) is 5. The second-order valence-electron chi connectivity index (χ2n) is 12.4. The Bertz CT molecular complexity index is 1900. The van der Waals surface area contributed by atoms with Gasteiger partial charge in [-0.1, -0.05) is 51.1 Å². The number of aromatic nitrogens is 1. The lowest BCUT2D eigenvalue weighted by Gasteiger charge is -2.31. The van der Waals surface area contributed by atoms with Crippen molar-refractivity contribution >= 4 is 36.9 Å². The number of piperidine rings is 1. The molecule has 0 aliphatic carbocycles.